The maximum atomic E-state index is 7.32. The molecule has 7 unspecified atom stereocenters. The average molecular weight is 376 g/mol. The van der Waals surface area contributed by atoms with E-state index in [1.165, 1.54) is 64.7 Å². The van der Waals surface area contributed by atoms with Crippen molar-refractivity contribution in [1.82, 2.24) is 0 Å². The van der Waals surface area contributed by atoms with Gasteiger partial charge in [-0.1, -0.05) is 34.1 Å². The Labute approximate surface area is 169 Å². The molecule has 0 spiro atoms. The number of hydrogen-bond donors (Lipinski definition) is 0. The topological polar surface area (TPSA) is 33.0 Å². The Bertz CT molecular complexity index is 497. The van der Waals surface area contributed by atoms with E-state index in [1.807, 2.05) is 13.8 Å². The number of hydrogen-bond acceptors (Lipinski definition) is 2. The normalized spacial score (nSPS) is 44.9. The van der Waals surface area contributed by atoms with Crippen molar-refractivity contribution in [1.29, 1.82) is 5.26 Å². The van der Waals surface area contributed by atoms with Crippen molar-refractivity contribution < 1.29 is 4.74 Å². The fourth-order valence-electron chi connectivity index (χ4n) is 7.68. The van der Waals surface area contributed by atoms with Gasteiger partial charge in [-0.3, -0.25) is 0 Å². The molecule has 27 heavy (non-hydrogen) atoms. The minimum Gasteiger partial charge on any atom is -0.378 e. The van der Waals surface area contributed by atoms with Gasteiger partial charge >= 0.3 is 0 Å². The molecule has 0 saturated heterocycles. The molecule has 0 heterocycles. The molecule has 7 atom stereocenters. The molecule has 0 bridgehead atoms. The van der Waals surface area contributed by atoms with Crippen LogP contribution in [0.4, 0.5) is 0 Å². The molecule has 4 fully saturated rings. The molecule has 0 amide bonds. The fourth-order valence-corrected chi connectivity index (χ4v) is 7.68. The van der Waals surface area contributed by atoms with Crippen molar-refractivity contribution in [3.63, 3.8) is 0 Å². The van der Waals surface area contributed by atoms with Crippen LogP contribution in [0.25, 0.3) is 0 Å². The van der Waals surface area contributed by atoms with Gasteiger partial charge in [-0.25, -0.2) is 0 Å². The van der Waals surface area contributed by atoms with Crippen LogP contribution in [-0.4, -0.2) is 12.7 Å². The third kappa shape index (κ3) is 4.39. The predicted molar refractivity (Wildman–Crippen MR) is 114 cm³/mol. The Balaban J connectivity index is 0.000000478. The summed E-state index contributed by atoms with van der Waals surface area (Å²) in [5, 5.41) is 7.32. The van der Waals surface area contributed by atoms with Gasteiger partial charge < -0.3 is 4.74 Å². The monoisotopic (exact) mass is 375 g/mol. The van der Waals surface area contributed by atoms with E-state index in [-0.39, 0.29) is 0 Å². The summed E-state index contributed by atoms with van der Waals surface area (Å²) in [4.78, 5) is 0. The minimum absolute atomic E-state index is 0.557. The second-order valence-corrected chi connectivity index (χ2v) is 9.82. The summed E-state index contributed by atoms with van der Waals surface area (Å²) in [5.41, 5.74) is 1.29. The zero-order chi connectivity index (χ0) is 20.1. The lowest BCUT2D eigenvalue weighted by Crippen LogP contribution is -2.53. The molecular formula is C25H45NO. The summed E-state index contributed by atoms with van der Waals surface area (Å²) in [6.45, 7) is 13.8. The van der Waals surface area contributed by atoms with Crippen LogP contribution >= 0.6 is 0 Å². The van der Waals surface area contributed by atoms with E-state index in [4.69, 9.17) is 10.00 Å². The van der Waals surface area contributed by atoms with E-state index in [0.29, 0.717) is 16.9 Å². The van der Waals surface area contributed by atoms with Crippen LogP contribution in [0.3, 0.4) is 0 Å². The first-order valence-corrected chi connectivity index (χ1v) is 11.9. The third-order valence-corrected chi connectivity index (χ3v) is 8.75. The Kier molecular flexibility index (Phi) is 8.23. The van der Waals surface area contributed by atoms with E-state index < -0.39 is 0 Å². The van der Waals surface area contributed by atoms with E-state index in [0.717, 1.165) is 30.3 Å². The van der Waals surface area contributed by atoms with Crippen LogP contribution in [0.1, 0.15) is 106 Å². The first-order chi connectivity index (χ1) is 13.0. The van der Waals surface area contributed by atoms with Crippen LogP contribution < -0.4 is 0 Å². The number of rotatable bonds is 2. The van der Waals surface area contributed by atoms with E-state index in [1.54, 1.807) is 12.5 Å². The highest BCUT2D eigenvalue weighted by molar-refractivity contribution is 5.07. The van der Waals surface area contributed by atoms with Gasteiger partial charge in [-0.2, -0.15) is 5.26 Å². The minimum atomic E-state index is 0.557. The zero-order valence-corrected chi connectivity index (χ0v) is 19.0. The number of nitriles is 1. The van der Waals surface area contributed by atoms with Crippen molar-refractivity contribution in [2.75, 3.05) is 6.61 Å². The summed E-state index contributed by atoms with van der Waals surface area (Å²) < 4.78 is 6.08. The fraction of sp³-hybridized carbons (Fsp3) is 0.960. The van der Waals surface area contributed by atoms with Crippen LogP contribution in [0.15, 0.2) is 0 Å². The van der Waals surface area contributed by atoms with Crippen molar-refractivity contribution in [3.05, 3.63) is 0 Å². The van der Waals surface area contributed by atoms with Gasteiger partial charge in [0.1, 0.15) is 0 Å². The van der Waals surface area contributed by atoms with E-state index >= 15 is 0 Å². The van der Waals surface area contributed by atoms with Gasteiger partial charge in [-0.05, 0) is 99.2 Å². The molecule has 0 radical (unpaired) electrons. The predicted octanol–water partition coefficient (Wildman–Crippen LogP) is 7.38. The van der Waals surface area contributed by atoms with Gasteiger partial charge in [0.25, 0.3) is 0 Å². The SMILES string of the molecule is CC.CC#N.CCOC1CCC2CCC3C4CCCC4(C)CCC3C2(C)C1. The van der Waals surface area contributed by atoms with Crippen molar-refractivity contribution in [2.24, 2.45) is 34.5 Å². The van der Waals surface area contributed by atoms with E-state index in [9.17, 15) is 0 Å². The maximum Gasteiger partial charge on any atom is 0.0587 e. The zero-order valence-electron chi connectivity index (χ0n) is 19.0. The summed E-state index contributed by atoms with van der Waals surface area (Å²) >= 11 is 0. The second-order valence-electron chi connectivity index (χ2n) is 9.82. The molecule has 0 N–H and O–H groups in total. The number of ether oxygens (including phenoxy) is 1. The van der Waals surface area contributed by atoms with Crippen LogP contribution in [0.5, 0.6) is 0 Å². The summed E-state index contributed by atoms with van der Waals surface area (Å²) in [6, 6.07) is 1.75. The van der Waals surface area contributed by atoms with Gasteiger partial charge in [0.2, 0.25) is 0 Å². The van der Waals surface area contributed by atoms with Crippen LogP contribution in [0, 0.1) is 45.8 Å². The highest BCUT2D eigenvalue weighted by Gasteiger charge is 2.58. The lowest BCUT2D eigenvalue weighted by Gasteiger charge is -2.60. The van der Waals surface area contributed by atoms with Gasteiger partial charge in [0, 0.05) is 13.5 Å². The molecule has 4 rings (SSSR count). The molecule has 0 aliphatic heterocycles. The molecule has 0 aromatic carbocycles. The highest BCUT2D eigenvalue weighted by Crippen LogP contribution is 2.66. The summed E-state index contributed by atoms with van der Waals surface area (Å²) in [6.07, 6.45) is 15.3. The summed E-state index contributed by atoms with van der Waals surface area (Å²) in [7, 11) is 0. The van der Waals surface area contributed by atoms with Crippen LogP contribution in [0.2, 0.25) is 0 Å². The second kappa shape index (κ2) is 9.78. The largest absolute Gasteiger partial charge is 0.378 e. The molecule has 2 nitrogen and oxygen atoms in total. The maximum absolute atomic E-state index is 7.32. The lowest BCUT2D eigenvalue weighted by molar-refractivity contribution is -0.134. The first-order valence-electron chi connectivity index (χ1n) is 11.9. The van der Waals surface area contributed by atoms with E-state index in [2.05, 4.69) is 20.8 Å². The Hall–Kier alpha value is -0.550. The molecule has 4 aliphatic rings. The Morgan fingerprint density at radius 2 is 1.63 bits per heavy atom. The van der Waals surface area contributed by atoms with Gasteiger partial charge in [0.15, 0.2) is 0 Å². The molecule has 4 aliphatic carbocycles. The standard InChI is InChI=1S/C21H36O.C2H3N.C2H6/c1-4-22-16-9-7-15-8-10-17-18-6-5-12-20(18,2)13-11-19(17)21(15,3)14-16;1-2-3;1-2/h15-19H,4-14H2,1-3H3;1H3;1-2H3. The Morgan fingerprint density at radius 3 is 2.30 bits per heavy atom. The van der Waals surface area contributed by atoms with Crippen molar-refractivity contribution >= 4 is 0 Å². The van der Waals surface area contributed by atoms with Gasteiger partial charge in [-0.15, -0.1) is 0 Å². The molecule has 156 valence electrons. The average Bonchev–Trinajstić information content (AvgIpc) is 3.05. The smallest absolute Gasteiger partial charge is 0.0587 e. The lowest BCUT2D eigenvalue weighted by atomic mass is 9.45. The molecular weight excluding hydrogens is 330 g/mol. The number of nitrogens with zero attached hydrogens (tertiary/aromatic N) is 1. The Morgan fingerprint density at radius 1 is 0.963 bits per heavy atom. The molecule has 2 heteroatoms. The van der Waals surface area contributed by atoms with Gasteiger partial charge in [0.05, 0.1) is 12.2 Å². The quantitative estimate of drug-likeness (QED) is 0.504. The summed E-state index contributed by atoms with van der Waals surface area (Å²) in [5.74, 6) is 4.10. The first kappa shape index (κ1) is 22.7. The molecule has 4 saturated carbocycles. The molecule has 0 aromatic rings. The molecule has 0 aromatic heterocycles. The van der Waals surface area contributed by atoms with Crippen molar-refractivity contribution in [2.45, 2.75) is 112 Å². The van der Waals surface area contributed by atoms with Crippen LogP contribution in [-0.2, 0) is 4.74 Å². The third-order valence-electron chi connectivity index (χ3n) is 8.75. The highest BCUT2D eigenvalue weighted by atomic mass is 16.5. The van der Waals surface area contributed by atoms with Crippen molar-refractivity contribution in [3.8, 4) is 6.07 Å². The number of fused-ring (bicyclic) bond motifs is 5.